The number of non-ortho nitro benzene ring substituents is 2. The van der Waals surface area contributed by atoms with Crippen molar-refractivity contribution in [2.24, 2.45) is 0 Å². The van der Waals surface area contributed by atoms with E-state index in [1.807, 2.05) is 0 Å². The lowest BCUT2D eigenvalue weighted by molar-refractivity contribution is -0.385. The van der Waals surface area contributed by atoms with Crippen LogP contribution in [0.2, 0.25) is 0 Å². The molecular formula is C16H8F6N4O10S2. The third-order valence-electron chi connectivity index (χ3n) is 4.21. The first-order valence-corrected chi connectivity index (χ1v) is 11.8. The minimum absolute atomic E-state index is 0.124. The molecule has 0 saturated heterocycles. The minimum atomic E-state index is -7.71. The summed E-state index contributed by atoms with van der Waals surface area (Å²) in [5.74, 6) is -6.02. The zero-order valence-electron chi connectivity index (χ0n) is 17.6. The van der Waals surface area contributed by atoms with Gasteiger partial charge in [0.25, 0.3) is 11.4 Å². The van der Waals surface area contributed by atoms with Gasteiger partial charge in [-0.1, -0.05) is 0 Å². The molecule has 0 heterocycles. The van der Waals surface area contributed by atoms with Gasteiger partial charge in [-0.15, -0.1) is 3.71 Å². The van der Waals surface area contributed by atoms with Gasteiger partial charge in [0.1, 0.15) is 0 Å². The van der Waals surface area contributed by atoms with Crippen LogP contribution in [0.15, 0.2) is 48.5 Å². The lowest BCUT2D eigenvalue weighted by Gasteiger charge is -2.27. The van der Waals surface area contributed by atoms with Crippen LogP contribution in [0.3, 0.4) is 0 Å². The van der Waals surface area contributed by atoms with Crippen LogP contribution in [0.5, 0.6) is 0 Å². The van der Waals surface area contributed by atoms with Crippen molar-refractivity contribution in [3.8, 4) is 0 Å². The van der Waals surface area contributed by atoms with Crippen molar-refractivity contribution in [1.82, 2.24) is 3.71 Å². The Morgan fingerprint density at radius 1 is 0.632 bits per heavy atom. The van der Waals surface area contributed by atoms with Crippen LogP contribution in [0, 0.1) is 20.2 Å². The molecule has 0 aliphatic heterocycles. The Hall–Kier alpha value is -4.34. The second-order valence-corrected chi connectivity index (χ2v) is 10.4. The van der Waals surface area contributed by atoms with Crippen LogP contribution in [0.25, 0.3) is 0 Å². The average Bonchev–Trinajstić information content (AvgIpc) is 2.78. The lowest BCUT2D eigenvalue weighted by Crippen LogP contribution is -2.56. The van der Waals surface area contributed by atoms with Gasteiger partial charge in [0.05, 0.1) is 9.85 Å². The van der Waals surface area contributed by atoms with E-state index in [2.05, 4.69) is 0 Å². The molecule has 0 saturated carbocycles. The van der Waals surface area contributed by atoms with Crippen LogP contribution in [-0.4, -0.2) is 53.2 Å². The summed E-state index contributed by atoms with van der Waals surface area (Å²) in [7, 11) is -15.4. The number of alkyl halides is 6. The SMILES string of the molecule is O=C(C(=O)N(S(=O)(=O)C(F)(F)F)S(=O)(=O)C(F)(F)F)N(c1ccc([N+](=O)[O-])cc1)c1ccc([N+](=O)[O-])cc1. The standard InChI is InChI=1S/C16H8F6N4O10S2/c17-15(18,19)37(33,34)26(38(35,36)16(20,21)22)14(28)13(27)23(9-1-5-11(6-2-9)24(29)30)10-3-7-12(8-4-10)25(31)32/h1-8H. The van der Waals surface area contributed by atoms with Crippen LogP contribution in [-0.2, 0) is 29.6 Å². The molecule has 0 spiro atoms. The highest BCUT2D eigenvalue weighted by molar-refractivity contribution is 8.05. The van der Waals surface area contributed by atoms with Gasteiger partial charge < -0.3 is 0 Å². The zero-order chi connectivity index (χ0) is 29.4. The molecule has 2 amide bonds. The number of rotatable bonds is 6. The smallest absolute Gasteiger partial charge is 0.273 e. The maximum absolute atomic E-state index is 13.0. The van der Waals surface area contributed by atoms with E-state index in [0.717, 1.165) is 0 Å². The van der Waals surface area contributed by atoms with Gasteiger partial charge in [-0.3, -0.25) is 34.7 Å². The normalized spacial score (nSPS) is 12.5. The molecule has 0 bridgehead atoms. The molecule has 0 aromatic heterocycles. The number of amides is 2. The monoisotopic (exact) mass is 594 g/mol. The van der Waals surface area contributed by atoms with Crippen LogP contribution in [0.1, 0.15) is 0 Å². The first-order valence-electron chi connectivity index (χ1n) is 8.95. The molecule has 38 heavy (non-hydrogen) atoms. The van der Waals surface area contributed by atoms with Crippen molar-refractivity contribution in [3.05, 3.63) is 68.8 Å². The summed E-state index contributed by atoms with van der Waals surface area (Å²) in [5, 5.41) is 21.7. The van der Waals surface area contributed by atoms with Crippen molar-refractivity contribution in [3.63, 3.8) is 0 Å². The number of hydrogen-bond donors (Lipinski definition) is 0. The number of benzene rings is 2. The average molecular weight is 594 g/mol. The molecule has 0 radical (unpaired) electrons. The summed E-state index contributed by atoms with van der Waals surface area (Å²) in [6.45, 7) is 0. The summed E-state index contributed by atoms with van der Waals surface area (Å²) < 4.78 is 122. The van der Waals surface area contributed by atoms with Gasteiger partial charge >= 0.3 is 42.9 Å². The number of nitro groups is 2. The first kappa shape index (κ1) is 29.9. The van der Waals surface area contributed by atoms with E-state index in [4.69, 9.17) is 0 Å². The van der Waals surface area contributed by atoms with Gasteiger partial charge in [0.15, 0.2) is 0 Å². The summed E-state index contributed by atoms with van der Waals surface area (Å²) in [6, 6.07) is 5.09. The van der Waals surface area contributed by atoms with Crippen LogP contribution < -0.4 is 4.90 Å². The second-order valence-electron chi connectivity index (χ2n) is 6.59. The van der Waals surface area contributed by atoms with E-state index < -0.39 is 79.2 Å². The van der Waals surface area contributed by atoms with Crippen molar-refractivity contribution < 1.29 is 62.6 Å². The molecule has 2 aromatic rings. The predicted octanol–water partition coefficient (Wildman–Crippen LogP) is 2.70. The Morgan fingerprint density at radius 2 is 0.921 bits per heavy atom. The Kier molecular flexibility index (Phi) is 7.74. The fourth-order valence-corrected chi connectivity index (χ4v) is 5.05. The molecular weight excluding hydrogens is 586 g/mol. The Balaban J connectivity index is 2.81. The maximum Gasteiger partial charge on any atom is 0.517 e. The quantitative estimate of drug-likeness (QED) is 0.208. The maximum atomic E-state index is 13.0. The highest BCUT2D eigenvalue weighted by atomic mass is 32.3. The van der Waals surface area contributed by atoms with Crippen LogP contribution in [0.4, 0.5) is 49.1 Å². The number of carbonyl (C=O) groups excluding carboxylic acids is 2. The third-order valence-corrected chi connectivity index (χ3v) is 7.76. The van der Waals surface area contributed by atoms with Gasteiger partial charge in [-0.25, -0.2) is 0 Å². The highest BCUT2D eigenvalue weighted by Crippen LogP contribution is 2.37. The molecule has 0 fully saturated rings. The van der Waals surface area contributed by atoms with E-state index in [0.29, 0.717) is 48.5 Å². The Morgan fingerprint density at radius 3 is 1.16 bits per heavy atom. The third kappa shape index (κ3) is 5.49. The molecule has 22 heteroatoms. The number of anilines is 2. The Bertz CT molecular complexity index is 1400. The molecule has 2 aromatic carbocycles. The summed E-state index contributed by atoms with van der Waals surface area (Å²) >= 11 is 0. The van der Waals surface area contributed by atoms with Gasteiger partial charge in [0.2, 0.25) is 0 Å². The summed E-state index contributed by atoms with van der Waals surface area (Å²) in [4.78, 5) is 45.0. The fourth-order valence-electron chi connectivity index (χ4n) is 2.54. The molecule has 0 atom stereocenters. The molecule has 14 nitrogen and oxygen atoms in total. The highest BCUT2D eigenvalue weighted by Gasteiger charge is 2.64. The van der Waals surface area contributed by atoms with E-state index in [1.165, 1.54) is 0 Å². The zero-order valence-corrected chi connectivity index (χ0v) is 19.2. The molecule has 0 aliphatic rings. The van der Waals surface area contributed by atoms with Gasteiger partial charge in [0, 0.05) is 35.6 Å². The van der Waals surface area contributed by atoms with Crippen molar-refractivity contribution in [1.29, 1.82) is 0 Å². The topological polar surface area (TPSA) is 195 Å². The summed E-state index contributed by atoms with van der Waals surface area (Å²) in [6.07, 6.45) is 0. The molecule has 2 rings (SSSR count). The Labute approximate surface area is 206 Å². The van der Waals surface area contributed by atoms with Crippen molar-refractivity contribution in [2.45, 2.75) is 11.0 Å². The van der Waals surface area contributed by atoms with E-state index in [9.17, 15) is 73.0 Å². The number of nitrogens with zero attached hydrogens (tertiary/aromatic N) is 4. The largest absolute Gasteiger partial charge is 0.517 e. The number of carbonyl (C=O) groups is 2. The summed E-state index contributed by atoms with van der Waals surface area (Å²) in [5.41, 5.74) is -16.5. The molecule has 0 N–H and O–H groups in total. The number of sulfonamides is 2. The fraction of sp³-hybridized carbons (Fsp3) is 0.125. The number of hydrogen-bond acceptors (Lipinski definition) is 10. The minimum Gasteiger partial charge on any atom is -0.273 e. The molecule has 206 valence electrons. The van der Waals surface area contributed by atoms with Crippen molar-refractivity contribution in [2.75, 3.05) is 4.90 Å². The predicted molar refractivity (Wildman–Crippen MR) is 110 cm³/mol. The van der Waals surface area contributed by atoms with Crippen molar-refractivity contribution >= 4 is 54.6 Å². The van der Waals surface area contributed by atoms with Gasteiger partial charge in [-0.05, 0) is 24.3 Å². The first-order chi connectivity index (χ1) is 17.1. The van der Waals surface area contributed by atoms with E-state index in [1.54, 1.807) is 0 Å². The van der Waals surface area contributed by atoms with E-state index in [-0.39, 0.29) is 4.90 Å². The molecule has 0 aliphatic carbocycles. The number of halogens is 6. The van der Waals surface area contributed by atoms with Crippen LogP contribution >= 0.6 is 0 Å². The molecule has 0 unspecified atom stereocenters. The number of nitro benzene ring substituents is 2. The second kappa shape index (κ2) is 9.85. The van der Waals surface area contributed by atoms with Gasteiger partial charge in [-0.2, -0.15) is 43.2 Å². The van der Waals surface area contributed by atoms with E-state index >= 15 is 0 Å². The lowest BCUT2D eigenvalue weighted by atomic mass is 10.2.